The Morgan fingerprint density at radius 2 is 1.97 bits per heavy atom. The van der Waals surface area contributed by atoms with E-state index < -0.39 is 0 Å². The Balaban J connectivity index is 1.91. The van der Waals surface area contributed by atoms with E-state index in [4.69, 9.17) is 0 Å². The second-order valence-electron chi connectivity index (χ2n) is 7.79. The lowest BCUT2D eigenvalue weighted by Crippen LogP contribution is -2.44. The number of fused-ring (bicyclic) bond motifs is 1. The van der Waals surface area contributed by atoms with E-state index in [-0.39, 0.29) is 21.8 Å². The summed E-state index contributed by atoms with van der Waals surface area (Å²) in [4.78, 5) is 31.2. The first-order chi connectivity index (χ1) is 14.5. The highest BCUT2D eigenvalue weighted by Gasteiger charge is 2.40. The zero-order valence-electron chi connectivity index (χ0n) is 17.5. The summed E-state index contributed by atoms with van der Waals surface area (Å²) in [5.74, 6) is -0.0346. The van der Waals surface area contributed by atoms with Gasteiger partial charge in [0, 0.05) is 30.1 Å². The maximum Gasteiger partial charge on any atom is 0.299 e. The minimum absolute atomic E-state index is 0.0230. The molecule has 6 nitrogen and oxygen atoms in total. The number of thioether (sulfide) groups is 1. The van der Waals surface area contributed by atoms with Gasteiger partial charge in [0.25, 0.3) is 11.1 Å². The summed E-state index contributed by atoms with van der Waals surface area (Å²) in [5.41, 5.74) is 7.07. The van der Waals surface area contributed by atoms with Crippen molar-refractivity contribution in [2.75, 3.05) is 11.4 Å². The van der Waals surface area contributed by atoms with Crippen LogP contribution in [-0.2, 0) is 5.41 Å². The molecular weight excluding hydrogens is 396 g/mol. The molecule has 3 heterocycles. The molecule has 2 aliphatic heterocycles. The number of pyridine rings is 1. The fourth-order valence-electron chi connectivity index (χ4n) is 4.60. The average molecular weight is 423 g/mol. The number of anilines is 1. The molecule has 0 spiro atoms. The van der Waals surface area contributed by atoms with E-state index in [1.807, 2.05) is 24.0 Å². The van der Waals surface area contributed by atoms with Gasteiger partial charge in [-0.05, 0) is 49.3 Å². The molecule has 0 saturated heterocycles. The molecule has 0 saturated carbocycles. The van der Waals surface area contributed by atoms with E-state index in [1.54, 1.807) is 24.5 Å². The molecule has 0 radical (unpaired) electrons. The van der Waals surface area contributed by atoms with Crippen molar-refractivity contribution < 1.29 is 9.59 Å². The second kappa shape index (κ2) is 8.22. The number of amides is 2. The van der Waals surface area contributed by atoms with E-state index in [0.717, 1.165) is 36.2 Å². The normalized spacial score (nSPS) is 20.2. The zero-order chi connectivity index (χ0) is 21.3. The third kappa shape index (κ3) is 3.41. The van der Waals surface area contributed by atoms with Gasteiger partial charge in [-0.3, -0.25) is 14.6 Å². The van der Waals surface area contributed by atoms with Crippen LogP contribution in [0.5, 0.6) is 0 Å². The van der Waals surface area contributed by atoms with Crippen molar-refractivity contribution in [3.63, 3.8) is 0 Å². The molecule has 2 aliphatic rings. The Morgan fingerprint density at radius 3 is 2.63 bits per heavy atom. The number of para-hydroxylation sites is 1. The van der Waals surface area contributed by atoms with Crippen molar-refractivity contribution in [2.24, 2.45) is 5.10 Å². The first-order valence-corrected chi connectivity index (χ1v) is 11.3. The molecule has 1 atom stereocenters. The van der Waals surface area contributed by atoms with Gasteiger partial charge in [-0.1, -0.05) is 43.8 Å². The number of hydrazone groups is 1. The second-order valence-corrected chi connectivity index (χ2v) is 9.10. The Bertz CT molecular complexity index is 1000. The van der Waals surface area contributed by atoms with Crippen LogP contribution in [0.4, 0.5) is 10.5 Å². The highest BCUT2D eigenvalue weighted by molar-refractivity contribution is 8.14. The molecule has 1 aromatic heterocycles. The standard InChI is InChI=1S/C23H26N4O2S/c1-4-23(5-2)11-14-27(21(28)16-9-12-24-13-10-16)20-17(7-6-8-18(20)23)19-15(3)30-22(29)26-25-19/h6-10,12-13,15H,4-5,11,14H2,1-3H3,(H,26,29). The van der Waals surface area contributed by atoms with Crippen molar-refractivity contribution in [2.45, 2.75) is 50.7 Å². The smallest absolute Gasteiger partial charge is 0.299 e. The van der Waals surface area contributed by atoms with Gasteiger partial charge in [-0.2, -0.15) is 5.10 Å². The summed E-state index contributed by atoms with van der Waals surface area (Å²) in [6.45, 7) is 7.06. The molecule has 1 aromatic carbocycles. The first-order valence-electron chi connectivity index (χ1n) is 10.4. The maximum atomic E-state index is 13.5. The monoisotopic (exact) mass is 422 g/mol. The minimum Gasteiger partial charge on any atom is -0.307 e. The van der Waals surface area contributed by atoms with Gasteiger partial charge in [0.1, 0.15) is 0 Å². The lowest BCUT2D eigenvalue weighted by Gasteiger charge is -2.44. The fraction of sp³-hybridized carbons (Fsp3) is 0.391. The summed E-state index contributed by atoms with van der Waals surface area (Å²) in [7, 11) is 0. The van der Waals surface area contributed by atoms with Crippen LogP contribution in [-0.4, -0.2) is 33.6 Å². The summed E-state index contributed by atoms with van der Waals surface area (Å²) in [5, 5.41) is 4.13. The first kappa shape index (κ1) is 20.6. The molecule has 7 heteroatoms. The molecular formula is C23H26N4O2S. The Labute approximate surface area is 181 Å². The summed E-state index contributed by atoms with van der Waals surface area (Å²) >= 11 is 1.22. The topological polar surface area (TPSA) is 74.7 Å². The maximum absolute atomic E-state index is 13.5. The van der Waals surface area contributed by atoms with Gasteiger partial charge in [-0.15, -0.1) is 0 Å². The number of benzene rings is 1. The molecule has 0 fully saturated rings. The quantitative estimate of drug-likeness (QED) is 0.772. The number of carbonyl (C=O) groups is 2. The minimum atomic E-state index is -0.155. The predicted molar refractivity (Wildman–Crippen MR) is 121 cm³/mol. The van der Waals surface area contributed by atoms with Gasteiger partial charge in [0.15, 0.2) is 0 Å². The van der Waals surface area contributed by atoms with Gasteiger partial charge in [0.05, 0.1) is 16.6 Å². The molecule has 2 aromatic rings. The molecule has 30 heavy (non-hydrogen) atoms. The molecule has 2 amide bonds. The predicted octanol–water partition coefficient (Wildman–Crippen LogP) is 4.74. The Kier molecular flexibility index (Phi) is 5.64. The van der Waals surface area contributed by atoms with E-state index >= 15 is 0 Å². The molecule has 1 unspecified atom stereocenters. The third-order valence-corrected chi connectivity index (χ3v) is 7.31. The number of carbonyl (C=O) groups excluding carboxylic acids is 2. The Morgan fingerprint density at radius 1 is 1.23 bits per heavy atom. The van der Waals surface area contributed by atoms with Crippen LogP contribution in [0.3, 0.4) is 0 Å². The average Bonchev–Trinajstić information content (AvgIpc) is 2.78. The summed E-state index contributed by atoms with van der Waals surface area (Å²) in [6.07, 6.45) is 6.22. The van der Waals surface area contributed by atoms with Gasteiger partial charge < -0.3 is 4.90 Å². The SMILES string of the molecule is CCC1(CC)CCN(C(=O)c2ccncc2)c2c(C3=NNC(=O)SC3C)cccc21. The van der Waals surface area contributed by atoms with Crippen molar-refractivity contribution in [1.82, 2.24) is 10.4 Å². The number of aromatic nitrogens is 1. The molecule has 156 valence electrons. The van der Waals surface area contributed by atoms with Crippen LogP contribution < -0.4 is 10.3 Å². The number of rotatable bonds is 4. The number of nitrogens with one attached hydrogen (secondary N) is 1. The summed E-state index contributed by atoms with van der Waals surface area (Å²) in [6, 6.07) is 9.72. The highest BCUT2D eigenvalue weighted by atomic mass is 32.2. The van der Waals surface area contributed by atoms with E-state index in [9.17, 15) is 9.59 Å². The van der Waals surface area contributed by atoms with Crippen LogP contribution in [0.25, 0.3) is 0 Å². The number of hydrogen-bond acceptors (Lipinski definition) is 5. The van der Waals surface area contributed by atoms with Crippen molar-refractivity contribution >= 4 is 34.3 Å². The zero-order valence-corrected chi connectivity index (χ0v) is 18.3. The van der Waals surface area contributed by atoms with Gasteiger partial charge in [0.2, 0.25) is 0 Å². The van der Waals surface area contributed by atoms with Crippen LogP contribution in [0.1, 0.15) is 61.5 Å². The largest absolute Gasteiger partial charge is 0.307 e. The van der Waals surface area contributed by atoms with Gasteiger partial charge >= 0.3 is 0 Å². The Hall–Kier alpha value is -2.67. The number of hydrogen-bond donors (Lipinski definition) is 1. The molecule has 0 aliphatic carbocycles. The summed E-state index contributed by atoms with van der Waals surface area (Å²) < 4.78 is 0. The lowest BCUT2D eigenvalue weighted by molar-refractivity contribution is 0.0980. The van der Waals surface area contributed by atoms with E-state index in [0.29, 0.717) is 12.1 Å². The van der Waals surface area contributed by atoms with E-state index in [1.165, 1.54) is 17.3 Å². The van der Waals surface area contributed by atoms with Crippen LogP contribution in [0, 0.1) is 0 Å². The third-order valence-electron chi connectivity index (χ3n) is 6.43. The van der Waals surface area contributed by atoms with Gasteiger partial charge in [-0.25, -0.2) is 5.43 Å². The van der Waals surface area contributed by atoms with Crippen molar-refractivity contribution in [3.8, 4) is 0 Å². The van der Waals surface area contributed by atoms with Crippen LogP contribution >= 0.6 is 11.8 Å². The van der Waals surface area contributed by atoms with Crippen LogP contribution in [0.2, 0.25) is 0 Å². The highest BCUT2D eigenvalue weighted by Crippen LogP contribution is 2.47. The number of nitrogens with zero attached hydrogens (tertiary/aromatic N) is 3. The molecule has 1 N–H and O–H groups in total. The van der Waals surface area contributed by atoms with Crippen LogP contribution in [0.15, 0.2) is 47.8 Å². The van der Waals surface area contributed by atoms with E-state index in [2.05, 4.69) is 35.4 Å². The fourth-order valence-corrected chi connectivity index (χ4v) is 5.31. The van der Waals surface area contributed by atoms with Crippen molar-refractivity contribution in [3.05, 3.63) is 59.4 Å². The molecule has 0 bridgehead atoms. The van der Waals surface area contributed by atoms with Crippen molar-refractivity contribution in [1.29, 1.82) is 0 Å². The molecule has 4 rings (SSSR count). The lowest BCUT2D eigenvalue weighted by atomic mass is 9.69.